The SMILES string of the molecule is CCN(CC)CCC(CNc1c2ccc([N+](=O)[O-])cc2nc2cc(OC)c(OC)cc12)c1ccccc1.Cl.Cl. The molecule has 0 aliphatic heterocycles. The first-order valence-electron chi connectivity index (χ1n) is 12.6. The molecule has 10 heteroatoms. The first kappa shape index (κ1) is 31.9. The molecule has 0 saturated carbocycles. The Kier molecular flexibility index (Phi) is 12.0. The van der Waals surface area contributed by atoms with Gasteiger partial charge in [0.2, 0.25) is 0 Å². The molecular formula is C29H36Cl2N4O4. The summed E-state index contributed by atoms with van der Waals surface area (Å²) < 4.78 is 11.1. The lowest BCUT2D eigenvalue weighted by molar-refractivity contribution is -0.384. The van der Waals surface area contributed by atoms with Crippen molar-refractivity contribution in [1.29, 1.82) is 0 Å². The van der Waals surface area contributed by atoms with Crippen LogP contribution >= 0.6 is 24.8 Å². The van der Waals surface area contributed by atoms with E-state index < -0.39 is 4.92 Å². The first-order valence-corrected chi connectivity index (χ1v) is 12.6. The van der Waals surface area contributed by atoms with E-state index in [1.807, 2.05) is 18.2 Å². The second-order valence-electron chi connectivity index (χ2n) is 8.97. The maximum Gasteiger partial charge on any atom is 0.271 e. The van der Waals surface area contributed by atoms with Crippen molar-refractivity contribution in [3.8, 4) is 11.5 Å². The van der Waals surface area contributed by atoms with Gasteiger partial charge in [-0.2, -0.15) is 0 Å². The summed E-state index contributed by atoms with van der Waals surface area (Å²) in [6.07, 6.45) is 1.00. The molecule has 0 bridgehead atoms. The molecular weight excluding hydrogens is 539 g/mol. The van der Waals surface area contributed by atoms with Gasteiger partial charge in [-0.1, -0.05) is 44.2 Å². The first-order chi connectivity index (χ1) is 18.0. The molecule has 4 rings (SSSR count). The highest BCUT2D eigenvalue weighted by atomic mass is 35.5. The minimum absolute atomic E-state index is 0. The molecule has 39 heavy (non-hydrogen) atoms. The Labute approximate surface area is 241 Å². The lowest BCUT2D eigenvalue weighted by Gasteiger charge is -2.24. The van der Waals surface area contributed by atoms with E-state index in [9.17, 15) is 10.1 Å². The van der Waals surface area contributed by atoms with Gasteiger partial charge in [0.15, 0.2) is 11.5 Å². The minimum atomic E-state index is -0.397. The van der Waals surface area contributed by atoms with Crippen molar-refractivity contribution in [2.45, 2.75) is 26.2 Å². The number of ether oxygens (including phenoxy) is 2. The molecule has 1 unspecified atom stereocenters. The Balaban J connectivity index is 0.00000267. The number of nitro groups is 1. The van der Waals surface area contributed by atoms with Crippen LogP contribution in [-0.4, -0.2) is 55.2 Å². The zero-order valence-electron chi connectivity index (χ0n) is 22.7. The molecule has 1 N–H and O–H groups in total. The molecule has 0 radical (unpaired) electrons. The second kappa shape index (κ2) is 14.7. The van der Waals surface area contributed by atoms with Gasteiger partial charge in [0.05, 0.1) is 35.9 Å². The minimum Gasteiger partial charge on any atom is -0.493 e. The molecule has 1 atom stereocenters. The number of nitro benzene ring substituents is 1. The van der Waals surface area contributed by atoms with Crippen molar-refractivity contribution in [3.63, 3.8) is 0 Å². The standard InChI is InChI=1S/C29H34N4O4.2ClH/c1-5-32(6-2)15-14-21(20-10-8-7-9-11-20)19-30-29-23-13-12-22(33(34)35)16-25(23)31-26-18-28(37-4)27(36-3)17-24(26)29;;/h7-13,16-18,21H,5-6,14-15,19H2,1-4H3,(H,30,31);2*1H. The van der Waals surface area contributed by atoms with Crippen LogP contribution in [0.15, 0.2) is 60.7 Å². The molecule has 1 heterocycles. The van der Waals surface area contributed by atoms with E-state index in [-0.39, 0.29) is 36.4 Å². The van der Waals surface area contributed by atoms with Crippen LogP contribution in [0, 0.1) is 10.1 Å². The van der Waals surface area contributed by atoms with Crippen molar-refractivity contribution < 1.29 is 14.4 Å². The number of non-ortho nitro benzene ring substituents is 1. The van der Waals surface area contributed by atoms with Crippen LogP contribution in [0.4, 0.5) is 11.4 Å². The van der Waals surface area contributed by atoms with Crippen molar-refractivity contribution in [3.05, 3.63) is 76.3 Å². The van der Waals surface area contributed by atoms with Gasteiger partial charge in [0, 0.05) is 41.4 Å². The second-order valence-corrected chi connectivity index (χ2v) is 8.97. The third kappa shape index (κ3) is 7.20. The molecule has 210 valence electrons. The fraction of sp³-hybridized carbons (Fsp3) is 0.345. The largest absolute Gasteiger partial charge is 0.493 e. The highest BCUT2D eigenvalue weighted by Crippen LogP contribution is 2.39. The maximum atomic E-state index is 11.4. The fourth-order valence-electron chi connectivity index (χ4n) is 4.78. The highest BCUT2D eigenvalue weighted by molar-refractivity contribution is 6.08. The summed E-state index contributed by atoms with van der Waals surface area (Å²) in [5.74, 6) is 1.43. The van der Waals surface area contributed by atoms with Crippen LogP contribution in [0.5, 0.6) is 11.5 Å². The number of nitrogens with one attached hydrogen (secondary N) is 1. The number of aromatic nitrogens is 1. The third-order valence-electron chi connectivity index (χ3n) is 6.96. The van der Waals surface area contributed by atoms with Crippen molar-refractivity contribution in [2.24, 2.45) is 0 Å². The van der Waals surface area contributed by atoms with Crippen LogP contribution in [0.25, 0.3) is 21.8 Å². The van der Waals surface area contributed by atoms with Crippen molar-refractivity contribution in [1.82, 2.24) is 9.88 Å². The van der Waals surface area contributed by atoms with E-state index >= 15 is 0 Å². The molecule has 0 saturated heterocycles. The van der Waals surface area contributed by atoms with Gasteiger partial charge in [-0.05, 0) is 43.8 Å². The van der Waals surface area contributed by atoms with Crippen molar-refractivity contribution in [2.75, 3.05) is 45.7 Å². The number of hydrogen-bond acceptors (Lipinski definition) is 7. The lowest BCUT2D eigenvalue weighted by Crippen LogP contribution is -2.26. The number of halogens is 2. The molecule has 0 aliphatic carbocycles. The number of nitrogens with zero attached hydrogens (tertiary/aromatic N) is 3. The van der Waals surface area contributed by atoms with Gasteiger partial charge in [0.1, 0.15) is 0 Å². The summed E-state index contributed by atoms with van der Waals surface area (Å²) in [6, 6.07) is 19.1. The topological polar surface area (TPSA) is 89.8 Å². The zero-order valence-corrected chi connectivity index (χ0v) is 24.3. The van der Waals surface area contributed by atoms with E-state index in [2.05, 4.69) is 48.3 Å². The Hall–Kier alpha value is -3.33. The van der Waals surface area contributed by atoms with E-state index in [1.54, 1.807) is 20.3 Å². The molecule has 4 aromatic rings. The normalized spacial score (nSPS) is 11.5. The summed E-state index contributed by atoms with van der Waals surface area (Å²) in [6.45, 7) is 8.12. The average molecular weight is 576 g/mol. The number of pyridine rings is 1. The van der Waals surface area contributed by atoms with E-state index in [1.165, 1.54) is 17.7 Å². The van der Waals surface area contributed by atoms with Gasteiger partial charge in [0.25, 0.3) is 5.69 Å². The van der Waals surface area contributed by atoms with Crippen LogP contribution < -0.4 is 14.8 Å². The van der Waals surface area contributed by atoms with Crippen LogP contribution in [0.3, 0.4) is 0 Å². The molecule has 1 aromatic heterocycles. The van der Waals surface area contributed by atoms with Gasteiger partial charge in [-0.15, -0.1) is 24.8 Å². The van der Waals surface area contributed by atoms with Crippen LogP contribution in [-0.2, 0) is 0 Å². The molecule has 0 fully saturated rings. The quantitative estimate of drug-likeness (QED) is 0.110. The average Bonchev–Trinajstić information content (AvgIpc) is 2.93. The molecule has 0 amide bonds. The van der Waals surface area contributed by atoms with Gasteiger partial charge < -0.3 is 19.7 Å². The van der Waals surface area contributed by atoms with Gasteiger partial charge >= 0.3 is 0 Å². The number of fused-ring (bicyclic) bond motifs is 2. The van der Waals surface area contributed by atoms with Gasteiger partial charge in [-0.3, -0.25) is 10.1 Å². The summed E-state index contributed by atoms with van der Waals surface area (Å²) in [5, 5.41) is 16.8. The zero-order chi connectivity index (χ0) is 26.4. The van der Waals surface area contributed by atoms with Crippen LogP contribution in [0.1, 0.15) is 31.7 Å². The number of benzene rings is 3. The summed E-state index contributed by atoms with van der Waals surface area (Å²) in [7, 11) is 3.18. The maximum absolute atomic E-state index is 11.4. The summed E-state index contributed by atoms with van der Waals surface area (Å²) in [5.41, 5.74) is 3.38. The Morgan fingerprint density at radius 1 is 0.923 bits per heavy atom. The van der Waals surface area contributed by atoms with E-state index in [0.29, 0.717) is 29.1 Å². The molecule has 0 spiro atoms. The van der Waals surface area contributed by atoms with Crippen molar-refractivity contribution >= 4 is 58.0 Å². The predicted molar refractivity (Wildman–Crippen MR) is 164 cm³/mol. The number of methoxy groups -OCH3 is 2. The molecule has 0 aliphatic rings. The summed E-state index contributed by atoms with van der Waals surface area (Å²) in [4.78, 5) is 18.2. The lowest BCUT2D eigenvalue weighted by atomic mass is 9.95. The van der Waals surface area contributed by atoms with E-state index in [0.717, 1.165) is 42.5 Å². The monoisotopic (exact) mass is 574 g/mol. The Morgan fingerprint density at radius 2 is 1.56 bits per heavy atom. The molecule has 8 nitrogen and oxygen atoms in total. The van der Waals surface area contributed by atoms with E-state index in [4.69, 9.17) is 14.5 Å². The van der Waals surface area contributed by atoms with Crippen LogP contribution in [0.2, 0.25) is 0 Å². The third-order valence-corrected chi connectivity index (χ3v) is 6.96. The number of anilines is 1. The number of rotatable bonds is 12. The number of hydrogen-bond donors (Lipinski definition) is 1. The van der Waals surface area contributed by atoms with Gasteiger partial charge in [-0.25, -0.2) is 4.98 Å². The smallest absolute Gasteiger partial charge is 0.271 e. The Morgan fingerprint density at radius 3 is 2.18 bits per heavy atom. The Bertz CT molecular complexity index is 1380. The predicted octanol–water partition coefficient (Wildman–Crippen LogP) is 7.08. The highest BCUT2D eigenvalue weighted by Gasteiger charge is 2.19. The summed E-state index contributed by atoms with van der Waals surface area (Å²) >= 11 is 0. The fourth-order valence-corrected chi connectivity index (χ4v) is 4.78. The molecule has 3 aromatic carbocycles.